The van der Waals surface area contributed by atoms with Crippen LogP contribution in [0.1, 0.15) is 18.9 Å². The van der Waals surface area contributed by atoms with E-state index in [-0.39, 0.29) is 6.54 Å². The molecular formula is C13H17ClN2O3. The molecule has 0 unspecified atom stereocenters. The number of hydrogen-bond donors (Lipinski definition) is 2. The zero-order valence-electron chi connectivity index (χ0n) is 10.9. The van der Waals surface area contributed by atoms with Crippen molar-refractivity contribution in [2.45, 2.75) is 20.3 Å². The number of carbonyl (C=O) groups is 2. The largest absolute Gasteiger partial charge is 0.480 e. The monoisotopic (exact) mass is 284 g/mol. The van der Waals surface area contributed by atoms with Crippen LogP contribution < -0.4 is 5.32 Å². The number of benzene rings is 1. The molecular weight excluding hydrogens is 268 g/mol. The van der Waals surface area contributed by atoms with Gasteiger partial charge in [-0.2, -0.15) is 0 Å². The van der Waals surface area contributed by atoms with Crippen LogP contribution in [0.2, 0.25) is 5.02 Å². The molecule has 19 heavy (non-hydrogen) atoms. The number of urea groups is 1. The minimum Gasteiger partial charge on any atom is -0.480 e. The van der Waals surface area contributed by atoms with Gasteiger partial charge in [-0.3, -0.25) is 4.79 Å². The van der Waals surface area contributed by atoms with Gasteiger partial charge in [-0.1, -0.05) is 24.6 Å². The summed E-state index contributed by atoms with van der Waals surface area (Å²) in [6, 6.07) is 4.72. The third-order valence-corrected chi connectivity index (χ3v) is 2.78. The van der Waals surface area contributed by atoms with Crippen molar-refractivity contribution < 1.29 is 14.7 Å². The first-order chi connectivity index (χ1) is 8.93. The van der Waals surface area contributed by atoms with E-state index in [0.29, 0.717) is 23.7 Å². The summed E-state index contributed by atoms with van der Waals surface area (Å²) < 4.78 is 0. The van der Waals surface area contributed by atoms with E-state index < -0.39 is 12.0 Å². The van der Waals surface area contributed by atoms with Crippen molar-refractivity contribution in [3.8, 4) is 0 Å². The van der Waals surface area contributed by atoms with Crippen LogP contribution in [0.5, 0.6) is 0 Å². The van der Waals surface area contributed by atoms with Crippen LogP contribution in [0.25, 0.3) is 0 Å². The number of carbonyl (C=O) groups excluding carboxylic acids is 1. The second kappa shape index (κ2) is 6.99. The number of carboxylic acid groups (broad SMARTS) is 1. The molecule has 0 saturated carbocycles. The summed E-state index contributed by atoms with van der Waals surface area (Å²) in [5.74, 6) is -1.04. The Balaban J connectivity index is 2.80. The van der Waals surface area contributed by atoms with Gasteiger partial charge in [-0.25, -0.2) is 4.79 Å². The number of hydrogen-bond acceptors (Lipinski definition) is 2. The fourth-order valence-corrected chi connectivity index (χ4v) is 1.78. The van der Waals surface area contributed by atoms with Crippen LogP contribution in [0, 0.1) is 6.92 Å². The quantitative estimate of drug-likeness (QED) is 0.873. The number of aliphatic carboxylic acids is 1. The van der Waals surface area contributed by atoms with E-state index in [4.69, 9.17) is 16.7 Å². The van der Waals surface area contributed by atoms with Gasteiger partial charge in [0.15, 0.2) is 0 Å². The van der Waals surface area contributed by atoms with E-state index in [9.17, 15) is 9.59 Å². The van der Waals surface area contributed by atoms with Gasteiger partial charge in [-0.15, -0.1) is 0 Å². The summed E-state index contributed by atoms with van der Waals surface area (Å²) >= 11 is 5.87. The molecule has 0 aliphatic carbocycles. The van der Waals surface area contributed by atoms with Gasteiger partial charge >= 0.3 is 12.0 Å². The maximum atomic E-state index is 12.0. The standard InChI is InChI=1S/C13H17ClN2O3/c1-3-6-16(8-12(17)18)13(19)15-11-7-10(14)5-4-9(11)2/h4-5,7H,3,6,8H2,1-2H3,(H,15,19)(H,17,18). The van der Waals surface area contributed by atoms with Crippen LogP contribution in [-0.2, 0) is 4.79 Å². The highest BCUT2D eigenvalue weighted by Gasteiger charge is 2.16. The van der Waals surface area contributed by atoms with Gasteiger partial charge in [0.05, 0.1) is 0 Å². The molecule has 0 saturated heterocycles. The predicted octanol–water partition coefficient (Wildman–Crippen LogP) is 2.98. The number of nitrogens with zero attached hydrogens (tertiary/aromatic N) is 1. The Hall–Kier alpha value is -1.75. The van der Waals surface area contributed by atoms with Gasteiger partial charge in [-0.05, 0) is 31.0 Å². The third kappa shape index (κ3) is 4.79. The zero-order valence-corrected chi connectivity index (χ0v) is 11.7. The van der Waals surface area contributed by atoms with Crippen LogP contribution in [0.3, 0.4) is 0 Å². The maximum Gasteiger partial charge on any atom is 0.323 e. The Kier molecular flexibility index (Phi) is 5.63. The lowest BCUT2D eigenvalue weighted by atomic mass is 10.2. The number of carboxylic acids is 1. The Morgan fingerprint density at radius 1 is 1.42 bits per heavy atom. The molecule has 0 heterocycles. The molecule has 0 aliphatic heterocycles. The Labute approximate surface area is 117 Å². The summed E-state index contributed by atoms with van der Waals surface area (Å²) in [7, 11) is 0. The first-order valence-corrected chi connectivity index (χ1v) is 6.35. The second-order valence-corrected chi connectivity index (χ2v) is 4.64. The average Bonchev–Trinajstić information content (AvgIpc) is 2.32. The Morgan fingerprint density at radius 3 is 2.68 bits per heavy atom. The molecule has 0 aliphatic rings. The number of rotatable bonds is 5. The number of anilines is 1. The average molecular weight is 285 g/mol. The summed E-state index contributed by atoms with van der Waals surface area (Å²) in [5, 5.41) is 12.0. The number of aryl methyl sites for hydroxylation is 1. The van der Waals surface area contributed by atoms with Gasteiger partial charge in [0.25, 0.3) is 0 Å². The summed E-state index contributed by atoms with van der Waals surface area (Å²) in [6.45, 7) is 3.79. The lowest BCUT2D eigenvalue weighted by Gasteiger charge is -2.21. The van der Waals surface area contributed by atoms with Crippen molar-refractivity contribution in [3.63, 3.8) is 0 Å². The van der Waals surface area contributed by atoms with Crippen molar-refractivity contribution in [3.05, 3.63) is 28.8 Å². The molecule has 1 aromatic rings. The van der Waals surface area contributed by atoms with E-state index in [2.05, 4.69) is 5.32 Å². The van der Waals surface area contributed by atoms with E-state index in [1.807, 2.05) is 13.8 Å². The summed E-state index contributed by atoms with van der Waals surface area (Å²) in [4.78, 5) is 24.0. The smallest absolute Gasteiger partial charge is 0.323 e. The molecule has 2 amide bonds. The van der Waals surface area contributed by atoms with Crippen molar-refractivity contribution in [2.75, 3.05) is 18.4 Å². The molecule has 104 valence electrons. The highest BCUT2D eigenvalue weighted by atomic mass is 35.5. The van der Waals surface area contributed by atoms with Gasteiger partial charge in [0, 0.05) is 17.3 Å². The molecule has 0 aromatic heterocycles. The molecule has 0 radical (unpaired) electrons. The molecule has 0 bridgehead atoms. The first kappa shape index (κ1) is 15.3. The molecule has 0 atom stereocenters. The van der Waals surface area contributed by atoms with E-state index >= 15 is 0 Å². The van der Waals surface area contributed by atoms with Crippen LogP contribution in [-0.4, -0.2) is 35.1 Å². The van der Waals surface area contributed by atoms with Gasteiger partial charge < -0.3 is 15.3 Å². The normalized spacial score (nSPS) is 10.1. The number of amides is 2. The second-order valence-electron chi connectivity index (χ2n) is 4.20. The SMILES string of the molecule is CCCN(CC(=O)O)C(=O)Nc1cc(Cl)ccc1C. The predicted molar refractivity (Wildman–Crippen MR) is 74.7 cm³/mol. The van der Waals surface area contributed by atoms with E-state index in [1.165, 1.54) is 4.90 Å². The lowest BCUT2D eigenvalue weighted by molar-refractivity contribution is -0.137. The molecule has 0 fully saturated rings. The molecule has 1 rings (SSSR count). The minimum atomic E-state index is -1.04. The Morgan fingerprint density at radius 2 is 2.11 bits per heavy atom. The van der Waals surface area contributed by atoms with Gasteiger partial charge in [0.2, 0.25) is 0 Å². The summed E-state index contributed by atoms with van der Waals surface area (Å²) in [5.41, 5.74) is 1.45. The van der Waals surface area contributed by atoms with Crippen molar-refractivity contribution in [1.29, 1.82) is 0 Å². The van der Waals surface area contributed by atoms with Gasteiger partial charge in [0.1, 0.15) is 6.54 Å². The lowest BCUT2D eigenvalue weighted by Crippen LogP contribution is -2.39. The van der Waals surface area contributed by atoms with Crippen molar-refractivity contribution in [2.24, 2.45) is 0 Å². The van der Waals surface area contributed by atoms with Crippen LogP contribution >= 0.6 is 11.6 Å². The molecule has 6 heteroatoms. The van der Waals surface area contributed by atoms with E-state index in [1.54, 1.807) is 18.2 Å². The highest BCUT2D eigenvalue weighted by Crippen LogP contribution is 2.20. The molecule has 1 aromatic carbocycles. The molecule has 2 N–H and O–H groups in total. The third-order valence-electron chi connectivity index (χ3n) is 2.55. The van der Waals surface area contributed by atoms with Crippen LogP contribution in [0.4, 0.5) is 10.5 Å². The number of halogens is 1. The fraction of sp³-hybridized carbons (Fsp3) is 0.385. The topological polar surface area (TPSA) is 69.6 Å². The maximum absolute atomic E-state index is 12.0. The minimum absolute atomic E-state index is 0.320. The Bertz CT molecular complexity index is 477. The highest BCUT2D eigenvalue weighted by molar-refractivity contribution is 6.31. The summed E-state index contributed by atoms with van der Waals surface area (Å²) in [6.07, 6.45) is 0.690. The zero-order chi connectivity index (χ0) is 14.4. The van der Waals surface area contributed by atoms with E-state index in [0.717, 1.165) is 5.56 Å². The van der Waals surface area contributed by atoms with Crippen molar-refractivity contribution >= 4 is 29.3 Å². The molecule has 5 nitrogen and oxygen atoms in total. The number of nitrogens with one attached hydrogen (secondary N) is 1. The fourth-order valence-electron chi connectivity index (χ4n) is 1.61. The van der Waals surface area contributed by atoms with Crippen LogP contribution in [0.15, 0.2) is 18.2 Å². The molecule has 0 spiro atoms. The van der Waals surface area contributed by atoms with Crippen molar-refractivity contribution in [1.82, 2.24) is 4.90 Å². The first-order valence-electron chi connectivity index (χ1n) is 5.98.